The fraction of sp³-hybridized carbons (Fsp3) is 0.500. The monoisotopic (exact) mass is 321 g/mol. The van der Waals surface area contributed by atoms with Crippen molar-refractivity contribution >= 4 is 17.5 Å². The van der Waals surface area contributed by atoms with E-state index in [9.17, 15) is 19.7 Å². The Morgan fingerprint density at radius 2 is 1.65 bits per heavy atom. The third-order valence-electron chi connectivity index (χ3n) is 3.76. The van der Waals surface area contributed by atoms with Gasteiger partial charge < -0.3 is 10.6 Å². The fourth-order valence-electron chi connectivity index (χ4n) is 1.92. The quantitative estimate of drug-likeness (QED) is 0.620. The number of amides is 2. The third-order valence-corrected chi connectivity index (χ3v) is 3.76. The van der Waals surface area contributed by atoms with Crippen LogP contribution < -0.4 is 10.6 Å². The van der Waals surface area contributed by atoms with E-state index in [0.29, 0.717) is 0 Å². The lowest BCUT2D eigenvalue weighted by Gasteiger charge is -2.34. The number of nitro benzene ring substituents is 1. The lowest BCUT2D eigenvalue weighted by Crippen LogP contribution is -2.60. The number of non-ortho nitro benzene ring substituents is 1. The standard InChI is InChI=1S/C16H23N3O4/c1-10(2)16(5,15(21)17-11(3)4)18-14(20)12-6-8-13(9-7-12)19(22)23/h6-11H,1-5H3,(H,17,21)(H,18,20)/t16-/m1/s1. The largest absolute Gasteiger partial charge is 0.352 e. The molecule has 0 radical (unpaired) electrons. The van der Waals surface area contributed by atoms with Gasteiger partial charge in [-0.15, -0.1) is 0 Å². The Morgan fingerprint density at radius 1 is 1.13 bits per heavy atom. The van der Waals surface area contributed by atoms with Crippen LogP contribution in [0, 0.1) is 16.0 Å². The molecule has 0 unspecified atom stereocenters. The first-order valence-corrected chi connectivity index (χ1v) is 7.46. The molecule has 7 nitrogen and oxygen atoms in total. The van der Waals surface area contributed by atoms with Crippen LogP contribution in [0.1, 0.15) is 45.0 Å². The molecule has 0 aliphatic rings. The highest BCUT2D eigenvalue weighted by molar-refractivity contribution is 5.99. The van der Waals surface area contributed by atoms with Crippen molar-refractivity contribution < 1.29 is 14.5 Å². The molecule has 1 aromatic carbocycles. The molecule has 0 fully saturated rings. The van der Waals surface area contributed by atoms with E-state index in [0.717, 1.165) is 0 Å². The number of rotatable bonds is 6. The summed E-state index contributed by atoms with van der Waals surface area (Å²) >= 11 is 0. The molecule has 1 rings (SSSR count). The zero-order valence-corrected chi connectivity index (χ0v) is 14.0. The number of nitrogens with one attached hydrogen (secondary N) is 2. The Labute approximate surface area is 135 Å². The Balaban J connectivity index is 2.97. The number of nitro groups is 1. The predicted octanol–water partition coefficient (Wildman–Crippen LogP) is 2.26. The van der Waals surface area contributed by atoms with E-state index >= 15 is 0 Å². The molecule has 1 aromatic rings. The van der Waals surface area contributed by atoms with Crippen LogP contribution in [0.25, 0.3) is 0 Å². The maximum Gasteiger partial charge on any atom is 0.269 e. The fourth-order valence-corrected chi connectivity index (χ4v) is 1.92. The van der Waals surface area contributed by atoms with Gasteiger partial charge in [0.2, 0.25) is 5.91 Å². The molecular formula is C16H23N3O4. The van der Waals surface area contributed by atoms with Crippen molar-refractivity contribution in [3.05, 3.63) is 39.9 Å². The van der Waals surface area contributed by atoms with Crippen molar-refractivity contribution in [2.75, 3.05) is 0 Å². The van der Waals surface area contributed by atoms with E-state index in [-0.39, 0.29) is 29.1 Å². The topological polar surface area (TPSA) is 101 Å². The van der Waals surface area contributed by atoms with Crippen molar-refractivity contribution in [1.29, 1.82) is 0 Å². The van der Waals surface area contributed by atoms with E-state index in [1.165, 1.54) is 24.3 Å². The summed E-state index contributed by atoms with van der Waals surface area (Å²) in [6.45, 7) is 9.04. The first-order valence-electron chi connectivity index (χ1n) is 7.46. The van der Waals surface area contributed by atoms with Gasteiger partial charge in [-0.3, -0.25) is 19.7 Å². The SMILES string of the molecule is CC(C)NC(=O)[C@](C)(NC(=O)c1ccc([N+](=O)[O-])cc1)C(C)C. The van der Waals surface area contributed by atoms with E-state index in [2.05, 4.69) is 10.6 Å². The smallest absolute Gasteiger partial charge is 0.269 e. The highest BCUT2D eigenvalue weighted by atomic mass is 16.6. The summed E-state index contributed by atoms with van der Waals surface area (Å²) in [7, 11) is 0. The third kappa shape index (κ3) is 4.51. The van der Waals surface area contributed by atoms with Gasteiger partial charge in [-0.1, -0.05) is 13.8 Å². The maximum atomic E-state index is 12.4. The first kappa shape index (κ1) is 18.6. The number of hydrogen-bond donors (Lipinski definition) is 2. The molecule has 126 valence electrons. The molecule has 0 saturated carbocycles. The van der Waals surface area contributed by atoms with Crippen molar-refractivity contribution in [2.45, 2.75) is 46.2 Å². The Morgan fingerprint density at radius 3 is 2.04 bits per heavy atom. The zero-order valence-electron chi connectivity index (χ0n) is 14.0. The lowest BCUT2D eigenvalue weighted by molar-refractivity contribution is -0.384. The predicted molar refractivity (Wildman–Crippen MR) is 87.1 cm³/mol. The number of carbonyl (C=O) groups excluding carboxylic acids is 2. The number of benzene rings is 1. The van der Waals surface area contributed by atoms with Crippen LogP contribution in [0.2, 0.25) is 0 Å². The van der Waals surface area contributed by atoms with Gasteiger partial charge >= 0.3 is 0 Å². The Hall–Kier alpha value is -2.44. The highest BCUT2D eigenvalue weighted by Crippen LogP contribution is 2.19. The van der Waals surface area contributed by atoms with Crippen molar-refractivity contribution in [3.8, 4) is 0 Å². The van der Waals surface area contributed by atoms with Crippen LogP contribution in [-0.2, 0) is 4.79 Å². The van der Waals surface area contributed by atoms with Gasteiger partial charge in [-0.2, -0.15) is 0 Å². The molecule has 23 heavy (non-hydrogen) atoms. The summed E-state index contributed by atoms with van der Waals surface area (Å²) in [5.74, 6) is -0.851. The molecule has 0 bridgehead atoms. The molecule has 0 spiro atoms. The number of hydrogen-bond acceptors (Lipinski definition) is 4. The Kier molecular flexibility index (Phi) is 5.84. The molecule has 1 atom stereocenters. The second-order valence-electron chi connectivity index (χ2n) is 6.24. The van der Waals surface area contributed by atoms with Gasteiger partial charge in [0.25, 0.3) is 11.6 Å². The van der Waals surface area contributed by atoms with Gasteiger partial charge in [0.1, 0.15) is 5.54 Å². The minimum atomic E-state index is -1.08. The lowest BCUT2D eigenvalue weighted by atomic mass is 9.86. The second-order valence-corrected chi connectivity index (χ2v) is 6.24. The van der Waals surface area contributed by atoms with Gasteiger partial charge in [0, 0.05) is 23.7 Å². The first-order chi connectivity index (χ1) is 10.6. The van der Waals surface area contributed by atoms with Crippen LogP contribution in [-0.4, -0.2) is 28.3 Å². The minimum Gasteiger partial charge on any atom is -0.352 e. The van der Waals surface area contributed by atoms with Crippen LogP contribution in [0.15, 0.2) is 24.3 Å². The normalized spacial score (nSPS) is 13.5. The average molecular weight is 321 g/mol. The minimum absolute atomic E-state index is 0.0446. The van der Waals surface area contributed by atoms with E-state index < -0.39 is 16.4 Å². The van der Waals surface area contributed by atoms with Crippen LogP contribution >= 0.6 is 0 Å². The van der Waals surface area contributed by atoms with Crippen molar-refractivity contribution in [3.63, 3.8) is 0 Å². The van der Waals surface area contributed by atoms with Crippen molar-refractivity contribution in [2.24, 2.45) is 5.92 Å². The van der Waals surface area contributed by atoms with Crippen LogP contribution in [0.4, 0.5) is 5.69 Å². The van der Waals surface area contributed by atoms with E-state index in [1.54, 1.807) is 6.92 Å². The van der Waals surface area contributed by atoms with Gasteiger partial charge in [0.05, 0.1) is 4.92 Å². The molecule has 2 amide bonds. The molecule has 0 saturated heterocycles. The number of carbonyl (C=O) groups is 2. The second kappa shape index (κ2) is 7.21. The molecule has 0 heterocycles. The van der Waals surface area contributed by atoms with Gasteiger partial charge in [0.15, 0.2) is 0 Å². The Bertz CT molecular complexity index is 596. The summed E-state index contributed by atoms with van der Waals surface area (Å²) in [6, 6.07) is 5.21. The molecular weight excluding hydrogens is 298 g/mol. The zero-order chi connectivity index (χ0) is 17.8. The van der Waals surface area contributed by atoms with Crippen molar-refractivity contribution in [1.82, 2.24) is 10.6 Å². The van der Waals surface area contributed by atoms with Crippen LogP contribution in [0.5, 0.6) is 0 Å². The number of nitrogens with zero attached hydrogens (tertiary/aromatic N) is 1. The highest BCUT2D eigenvalue weighted by Gasteiger charge is 2.38. The molecule has 0 aliphatic carbocycles. The average Bonchev–Trinajstić information content (AvgIpc) is 2.46. The van der Waals surface area contributed by atoms with Crippen LogP contribution in [0.3, 0.4) is 0 Å². The summed E-state index contributed by atoms with van der Waals surface area (Å²) in [5.41, 5.74) is -0.908. The molecule has 2 N–H and O–H groups in total. The molecule has 0 aromatic heterocycles. The molecule has 7 heteroatoms. The summed E-state index contributed by atoms with van der Waals surface area (Å²) in [4.78, 5) is 34.9. The van der Waals surface area contributed by atoms with E-state index in [1.807, 2.05) is 27.7 Å². The maximum absolute atomic E-state index is 12.4. The summed E-state index contributed by atoms with van der Waals surface area (Å²) in [6.07, 6.45) is 0. The van der Waals surface area contributed by atoms with Gasteiger partial charge in [-0.25, -0.2) is 0 Å². The van der Waals surface area contributed by atoms with Gasteiger partial charge in [-0.05, 0) is 38.8 Å². The summed E-state index contributed by atoms with van der Waals surface area (Å²) in [5, 5.41) is 16.2. The van der Waals surface area contributed by atoms with E-state index in [4.69, 9.17) is 0 Å². The summed E-state index contributed by atoms with van der Waals surface area (Å²) < 4.78 is 0. The molecule has 0 aliphatic heterocycles.